The summed E-state index contributed by atoms with van der Waals surface area (Å²) < 4.78 is 22.1. The summed E-state index contributed by atoms with van der Waals surface area (Å²) in [4.78, 5) is 36.2. The minimum absolute atomic E-state index is 0.261. The molecule has 6 unspecified atom stereocenters. The third kappa shape index (κ3) is 8.21. The van der Waals surface area contributed by atoms with Gasteiger partial charge in [-0.05, 0) is 32.9 Å². The van der Waals surface area contributed by atoms with Crippen molar-refractivity contribution in [1.29, 1.82) is 0 Å². The van der Waals surface area contributed by atoms with Crippen LogP contribution in [0.5, 0.6) is 5.75 Å². The van der Waals surface area contributed by atoms with E-state index in [1.807, 2.05) is 5.92 Å². The average Bonchev–Trinajstić information content (AvgIpc) is 3.13. The van der Waals surface area contributed by atoms with E-state index in [9.17, 15) is 24.6 Å². The summed E-state index contributed by atoms with van der Waals surface area (Å²) in [6.07, 6.45) is 2.59. The summed E-state index contributed by atoms with van der Waals surface area (Å²) in [7, 11) is -0.706. The molecule has 0 bridgehead atoms. The van der Waals surface area contributed by atoms with Crippen LogP contribution in [0.1, 0.15) is 20.8 Å². The molecular weight excluding hydrogens is 507 g/mol. The van der Waals surface area contributed by atoms with Crippen LogP contribution < -0.4 is 20.4 Å². The van der Waals surface area contributed by atoms with E-state index in [-0.39, 0.29) is 12.5 Å². The molecular formula is C23H31N4O9P. The second-order valence-electron chi connectivity index (χ2n) is 8.01. The molecule has 6 atom stereocenters. The Morgan fingerprint density at radius 2 is 1.97 bits per heavy atom. The topological polar surface area (TPSA) is 168 Å². The van der Waals surface area contributed by atoms with Crippen LogP contribution in [0, 0.1) is 12.3 Å². The predicted octanol–water partition coefficient (Wildman–Crippen LogP) is -0.131. The fraction of sp³-hybridized carbons (Fsp3) is 0.435. The van der Waals surface area contributed by atoms with Gasteiger partial charge in [0.2, 0.25) is 17.9 Å². The molecule has 14 heteroatoms. The van der Waals surface area contributed by atoms with Crippen molar-refractivity contribution in [2.75, 3.05) is 7.05 Å². The van der Waals surface area contributed by atoms with Crippen molar-refractivity contribution in [2.45, 2.75) is 57.1 Å². The summed E-state index contributed by atoms with van der Waals surface area (Å²) in [5.74, 6) is 1.35. The number of carbonyl (C=O) groups is 3. The van der Waals surface area contributed by atoms with Gasteiger partial charge >= 0.3 is 14.5 Å². The van der Waals surface area contributed by atoms with E-state index in [1.54, 1.807) is 51.1 Å². The number of nitrogens with zero attached hydrogens (tertiary/aromatic N) is 1. The van der Waals surface area contributed by atoms with E-state index in [0.717, 1.165) is 17.2 Å². The summed E-state index contributed by atoms with van der Waals surface area (Å²) in [6.45, 7) is 4.97. The molecule has 2 amide bonds. The van der Waals surface area contributed by atoms with Gasteiger partial charge in [0.05, 0.1) is 6.10 Å². The highest BCUT2D eigenvalue weighted by Gasteiger charge is 2.57. The van der Waals surface area contributed by atoms with Gasteiger partial charge in [0.15, 0.2) is 12.5 Å². The van der Waals surface area contributed by atoms with Crippen LogP contribution in [0.25, 0.3) is 0 Å². The number of nitrogens with one attached hydrogen (secondary N) is 3. The van der Waals surface area contributed by atoms with Crippen LogP contribution in [0.2, 0.25) is 0 Å². The van der Waals surface area contributed by atoms with E-state index >= 15 is 0 Å². The van der Waals surface area contributed by atoms with Crippen molar-refractivity contribution in [3.63, 3.8) is 0 Å². The lowest BCUT2D eigenvalue weighted by atomic mass is 9.97. The smallest absolute Gasteiger partial charge is 0.337 e. The lowest BCUT2D eigenvalue weighted by Crippen LogP contribution is -2.53. The van der Waals surface area contributed by atoms with Crippen molar-refractivity contribution >= 4 is 26.8 Å². The third-order valence-electron chi connectivity index (χ3n) is 4.85. The van der Waals surface area contributed by atoms with Gasteiger partial charge in [-0.3, -0.25) is 19.3 Å². The van der Waals surface area contributed by atoms with Gasteiger partial charge in [-0.1, -0.05) is 24.1 Å². The molecule has 37 heavy (non-hydrogen) atoms. The van der Waals surface area contributed by atoms with Crippen molar-refractivity contribution in [1.82, 2.24) is 20.8 Å². The largest absolute Gasteiger partial charge is 0.462 e. The normalized spacial score (nSPS) is 24.8. The van der Waals surface area contributed by atoms with Crippen LogP contribution in [0.3, 0.4) is 0 Å². The molecule has 1 heterocycles. The van der Waals surface area contributed by atoms with Crippen LogP contribution in [0.15, 0.2) is 42.6 Å². The van der Waals surface area contributed by atoms with Gasteiger partial charge in [-0.15, -0.1) is 6.42 Å². The quantitative estimate of drug-likeness (QED) is 0.0567. The number of benzene rings is 1. The Hall–Kier alpha value is -3.08. The number of hydrogen-bond acceptors (Lipinski definition) is 11. The molecule has 0 radical (unpaired) electrons. The molecule has 5 N–H and O–H groups in total. The third-order valence-corrected chi connectivity index (χ3v) is 6.09. The molecule has 0 spiro atoms. The Labute approximate surface area is 216 Å². The van der Waals surface area contributed by atoms with Gasteiger partial charge in [0, 0.05) is 19.3 Å². The standard InChI is InChI=1S/C23H31N4O9P/c1-6-23(32)19(30)20(34-22(23)27(14-28)13-12-18(29)24-5)25-36-37(35-17-10-8-7-9-11-17)26-16(4)21(31)33-15(2)3/h1,7-16,19-20,22,25-26,30,32H,2-5H3,(H,24,29)/b13-12-. The lowest BCUT2D eigenvalue weighted by molar-refractivity contribution is -0.149. The SMILES string of the molecule is C#CC1(O)C(O)C(NOP(NC(C)C(=O)OC(C)C)Oc2ccccc2)OC1N(C=O)/C=C\C(=O)NC. The first-order valence-corrected chi connectivity index (χ1v) is 12.3. The monoisotopic (exact) mass is 538 g/mol. The summed E-state index contributed by atoms with van der Waals surface area (Å²) in [6, 6.07) is 7.72. The van der Waals surface area contributed by atoms with Crippen molar-refractivity contribution in [2.24, 2.45) is 0 Å². The maximum atomic E-state index is 12.3. The van der Waals surface area contributed by atoms with E-state index in [2.05, 4.69) is 15.9 Å². The number of esters is 1. The van der Waals surface area contributed by atoms with E-state index in [4.69, 9.17) is 25.0 Å². The molecule has 13 nitrogen and oxygen atoms in total. The second-order valence-corrected chi connectivity index (χ2v) is 9.15. The number of amides is 2. The molecule has 1 saturated heterocycles. The summed E-state index contributed by atoms with van der Waals surface area (Å²) in [5.41, 5.74) is 0.0515. The molecule has 0 saturated carbocycles. The Morgan fingerprint density at radius 3 is 2.54 bits per heavy atom. The maximum Gasteiger partial charge on any atom is 0.337 e. The number of carbonyl (C=O) groups excluding carboxylic acids is 3. The molecule has 1 aliphatic rings. The summed E-state index contributed by atoms with van der Waals surface area (Å²) >= 11 is 0. The minimum atomic E-state index is -2.38. The number of hydrogen-bond donors (Lipinski definition) is 5. The van der Waals surface area contributed by atoms with Crippen molar-refractivity contribution < 1.29 is 43.2 Å². The van der Waals surface area contributed by atoms with E-state index in [1.165, 1.54) is 7.05 Å². The van der Waals surface area contributed by atoms with Gasteiger partial charge in [-0.2, -0.15) is 5.48 Å². The molecule has 2 rings (SSSR count). The Bertz CT molecular complexity index is 990. The zero-order valence-corrected chi connectivity index (χ0v) is 21.6. The first kappa shape index (κ1) is 30.1. The molecule has 1 aliphatic heterocycles. The van der Waals surface area contributed by atoms with Gasteiger partial charge in [0.25, 0.3) is 0 Å². The fourth-order valence-corrected chi connectivity index (χ4v) is 4.02. The molecule has 1 fully saturated rings. The minimum Gasteiger partial charge on any atom is -0.462 e. The lowest BCUT2D eigenvalue weighted by Gasteiger charge is -2.29. The Morgan fingerprint density at radius 1 is 1.30 bits per heavy atom. The van der Waals surface area contributed by atoms with Gasteiger partial charge in [-0.25, -0.2) is 9.71 Å². The Kier molecular flexibility index (Phi) is 11.4. The van der Waals surface area contributed by atoms with Gasteiger partial charge < -0.3 is 29.5 Å². The average molecular weight is 538 g/mol. The fourth-order valence-electron chi connectivity index (χ4n) is 2.94. The number of aliphatic hydroxyl groups is 2. The van der Waals surface area contributed by atoms with Crippen LogP contribution in [-0.2, 0) is 28.5 Å². The summed E-state index contributed by atoms with van der Waals surface area (Å²) in [5, 5.41) is 26.7. The molecule has 202 valence electrons. The zero-order valence-electron chi connectivity index (χ0n) is 20.7. The van der Waals surface area contributed by atoms with Crippen LogP contribution in [-0.4, -0.2) is 76.8 Å². The first-order chi connectivity index (χ1) is 17.5. The number of likely N-dealkylation sites (N-methyl/N-ethyl adjacent to an activating group) is 1. The number of terminal acetylenes is 1. The van der Waals surface area contributed by atoms with Crippen molar-refractivity contribution in [3.05, 3.63) is 42.6 Å². The maximum absolute atomic E-state index is 12.3. The van der Waals surface area contributed by atoms with Crippen LogP contribution >= 0.6 is 8.53 Å². The van der Waals surface area contributed by atoms with E-state index < -0.39 is 50.6 Å². The number of rotatable bonds is 13. The molecule has 1 aromatic rings. The predicted molar refractivity (Wildman–Crippen MR) is 132 cm³/mol. The van der Waals surface area contributed by atoms with Gasteiger partial charge in [0.1, 0.15) is 17.9 Å². The Balaban J connectivity index is 2.18. The molecule has 0 aromatic heterocycles. The number of ether oxygens (including phenoxy) is 2. The zero-order chi connectivity index (χ0) is 27.6. The first-order valence-electron chi connectivity index (χ1n) is 11.1. The van der Waals surface area contributed by atoms with Crippen molar-refractivity contribution in [3.8, 4) is 18.1 Å². The van der Waals surface area contributed by atoms with E-state index in [0.29, 0.717) is 5.75 Å². The second kappa shape index (κ2) is 14.0. The molecule has 1 aromatic carbocycles. The highest BCUT2D eigenvalue weighted by atomic mass is 31.2. The van der Waals surface area contributed by atoms with Crippen LogP contribution in [0.4, 0.5) is 0 Å². The molecule has 0 aliphatic carbocycles. The highest BCUT2D eigenvalue weighted by Crippen LogP contribution is 2.37. The number of aliphatic hydroxyl groups excluding tert-OH is 1. The highest BCUT2D eigenvalue weighted by molar-refractivity contribution is 7.45. The number of para-hydroxylation sites is 1. The number of hydroxylamine groups is 1.